The molecule has 4 heteroatoms. The second-order valence-corrected chi connectivity index (χ2v) is 13.9. The van der Waals surface area contributed by atoms with Crippen molar-refractivity contribution in [2.75, 3.05) is 0 Å². The van der Waals surface area contributed by atoms with Crippen molar-refractivity contribution in [2.24, 2.45) is 0 Å². The van der Waals surface area contributed by atoms with Crippen molar-refractivity contribution in [3.63, 3.8) is 0 Å². The highest BCUT2D eigenvalue weighted by molar-refractivity contribution is 6.30. The minimum absolute atomic E-state index is 0.571. The van der Waals surface area contributed by atoms with E-state index in [-0.39, 0.29) is 0 Å². The molecule has 0 N–H and O–H groups in total. The Morgan fingerprint density at radius 2 is 0.768 bits per heavy atom. The van der Waals surface area contributed by atoms with Gasteiger partial charge in [-0.2, -0.15) is 5.26 Å². The summed E-state index contributed by atoms with van der Waals surface area (Å²) in [5, 5.41) is 18.9. The third kappa shape index (κ3) is 5.37. The Morgan fingerprint density at radius 1 is 0.393 bits per heavy atom. The largest absolute Gasteiger partial charge is 0.259 e. The monoisotopic (exact) mass is 710 g/mol. The minimum atomic E-state index is 0.571. The molecule has 0 aliphatic rings. The summed E-state index contributed by atoms with van der Waals surface area (Å²) < 4.78 is 0. The Labute approximate surface area is 324 Å². The van der Waals surface area contributed by atoms with E-state index in [2.05, 4.69) is 166 Å². The zero-order valence-electron chi connectivity index (χ0n) is 30.1. The molecule has 0 saturated carbocycles. The Bertz CT molecular complexity index is 2960. The van der Waals surface area contributed by atoms with E-state index in [0.717, 1.165) is 50.0 Å². The lowest BCUT2D eigenvalue weighted by Gasteiger charge is -2.22. The fraction of sp³-hybridized carbons (Fsp3) is 0. The average molecular weight is 711 g/mol. The predicted octanol–water partition coefficient (Wildman–Crippen LogP) is 13.8. The van der Waals surface area contributed by atoms with Crippen molar-refractivity contribution in [2.45, 2.75) is 0 Å². The van der Waals surface area contributed by atoms with E-state index in [4.69, 9.17) is 6.57 Å². The molecular weight excluding hydrogens is 681 g/mol. The first kappa shape index (κ1) is 32.7. The van der Waals surface area contributed by atoms with E-state index < -0.39 is 0 Å². The molecular formula is C52H30N4. The molecule has 0 atom stereocenters. The normalized spacial score (nSPS) is 11.2. The van der Waals surface area contributed by atoms with Gasteiger partial charge in [-0.05, 0) is 118 Å². The van der Waals surface area contributed by atoms with Gasteiger partial charge < -0.3 is 0 Å². The first-order valence-electron chi connectivity index (χ1n) is 18.5. The van der Waals surface area contributed by atoms with Crippen LogP contribution in [0.2, 0.25) is 0 Å². The number of benzene rings is 8. The summed E-state index contributed by atoms with van der Waals surface area (Å²) in [6.45, 7) is 7.55. The van der Waals surface area contributed by atoms with Crippen molar-refractivity contribution >= 4 is 48.8 Å². The van der Waals surface area contributed by atoms with Crippen LogP contribution in [-0.4, -0.2) is 9.97 Å². The highest BCUT2D eigenvalue weighted by Gasteiger charge is 2.22. The Hall–Kier alpha value is -7.92. The van der Waals surface area contributed by atoms with Crippen molar-refractivity contribution in [1.82, 2.24) is 9.97 Å². The van der Waals surface area contributed by atoms with Crippen LogP contribution in [0, 0.1) is 17.9 Å². The summed E-state index contributed by atoms with van der Waals surface area (Å²) in [6, 6.07) is 61.5. The standard InChI is InChI=1S/C52H30N4/c1-54-38-25-27-56-48(31-38)35-13-11-15-37(30-35)50-41-18-4-8-22-45(41)52(46-23-9-5-19-42(46)50)51-43-20-6-2-16-39(43)49(40-17-3-7-21-44(40)51)36-14-10-12-34(29-36)47-28-33(32-53)24-26-55-47/h2-31H. The molecule has 4 nitrogen and oxygen atoms in total. The van der Waals surface area contributed by atoms with Gasteiger partial charge in [0.2, 0.25) is 0 Å². The second kappa shape index (κ2) is 13.5. The van der Waals surface area contributed by atoms with E-state index in [9.17, 15) is 5.26 Å². The highest BCUT2D eigenvalue weighted by atomic mass is 14.7. The molecule has 0 radical (unpaired) electrons. The van der Waals surface area contributed by atoms with Crippen LogP contribution in [0.15, 0.2) is 182 Å². The topological polar surface area (TPSA) is 53.9 Å². The van der Waals surface area contributed by atoms with Crippen LogP contribution in [-0.2, 0) is 0 Å². The molecule has 0 aliphatic heterocycles. The van der Waals surface area contributed by atoms with Crippen LogP contribution in [0.25, 0.3) is 104 Å². The maximum atomic E-state index is 9.59. The molecule has 0 aliphatic carbocycles. The fourth-order valence-corrected chi connectivity index (χ4v) is 8.39. The van der Waals surface area contributed by atoms with Crippen molar-refractivity contribution in [3.8, 4) is 62.0 Å². The first-order valence-corrected chi connectivity index (χ1v) is 18.5. The van der Waals surface area contributed by atoms with E-state index in [1.165, 1.54) is 49.0 Å². The van der Waals surface area contributed by atoms with Gasteiger partial charge in [0.15, 0.2) is 5.69 Å². The molecule has 0 unspecified atom stereocenters. The zero-order chi connectivity index (χ0) is 37.6. The van der Waals surface area contributed by atoms with Crippen LogP contribution < -0.4 is 0 Å². The number of fused-ring (bicyclic) bond motifs is 4. The second-order valence-electron chi connectivity index (χ2n) is 13.9. The number of rotatable bonds is 5. The van der Waals surface area contributed by atoms with Crippen molar-refractivity contribution in [1.29, 1.82) is 5.26 Å². The molecule has 0 spiro atoms. The molecule has 258 valence electrons. The van der Waals surface area contributed by atoms with Crippen molar-refractivity contribution < 1.29 is 0 Å². The van der Waals surface area contributed by atoms with Crippen LogP contribution in [0.5, 0.6) is 0 Å². The third-order valence-electron chi connectivity index (χ3n) is 10.8. The van der Waals surface area contributed by atoms with Gasteiger partial charge in [-0.25, -0.2) is 4.85 Å². The lowest BCUT2D eigenvalue weighted by atomic mass is 9.81. The third-order valence-corrected chi connectivity index (χ3v) is 10.8. The smallest absolute Gasteiger partial charge is 0.190 e. The van der Waals surface area contributed by atoms with Crippen LogP contribution in [0.1, 0.15) is 5.56 Å². The molecule has 0 amide bonds. The molecule has 0 saturated heterocycles. The number of nitrogens with zero attached hydrogens (tertiary/aromatic N) is 4. The van der Waals surface area contributed by atoms with Crippen LogP contribution in [0.4, 0.5) is 5.69 Å². The highest BCUT2D eigenvalue weighted by Crippen LogP contribution is 2.50. The maximum absolute atomic E-state index is 9.59. The number of aromatic nitrogens is 2. The average Bonchev–Trinajstić information content (AvgIpc) is 3.27. The summed E-state index contributed by atoms with van der Waals surface area (Å²) in [5.74, 6) is 0. The molecule has 0 bridgehead atoms. The molecule has 2 heterocycles. The van der Waals surface area contributed by atoms with Gasteiger partial charge in [-0.1, -0.05) is 133 Å². The van der Waals surface area contributed by atoms with Gasteiger partial charge in [-0.15, -0.1) is 0 Å². The van der Waals surface area contributed by atoms with Gasteiger partial charge in [0, 0.05) is 18.0 Å². The van der Waals surface area contributed by atoms with Gasteiger partial charge in [0.05, 0.1) is 29.6 Å². The van der Waals surface area contributed by atoms with E-state index in [1.54, 1.807) is 24.5 Å². The first-order chi connectivity index (χ1) is 27.7. The molecule has 2 aromatic heterocycles. The lowest BCUT2D eigenvalue weighted by molar-refractivity contribution is 1.31. The number of hydrogen-bond donors (Lipinski definition) is 0. The molecule has 0 fully saturated rings. The lowest BCUT2D eigenvalue weighted by Crippen LogP contribution is -1.95. The molecule has 8 aromatic carbocycles. The summed E-state index contributed by atoms with van der Waals surface area (Å²) in [6.07, 6.45) is 3.40. The number of pyridine rings is 2. The van der Waals surface area contributed by atoms with Gasteiger partial charge in [-0.3, -0.25) is 9.97 Å². The van der Waals surface area contributed by atoms with Gasteiger partial charge >= 0.3 is 0 Å². The summed E-state index contributed by atoms with van der Waals surface area (Å²) in [4.78, 5) is 12.9. The Kier molecular flexibility index (Phi) is 7.88. The minimum Gasteiger partial charge on any atom is -0.259 e. The molecule has 10 rings (SSSR count). The molecule has 10 aromatic rings. The number of nitriles is 1. The quantitative estimate of drug-likeness (QED) is 0.132. The van der Waals surface area contributed by atoms with E-state index in [0.29, 0.717) is 11.3 Å². The SMILES string of the molecule is [C-]#[N+]c1ccnc(-c2cccc(-c3c4ccccc4c(-c4c5ccccc5c(-c5cccc(-c6cc(C#N)ccn6)c5)c5ccccc45)c4ccccc34)c2)c1. The fourth-order valence-electron chi connectivity index (χ4n) is 8.39. The van der Waals surface area contributed by atoms with E-state index in [1.807, 2.05) is 12.1 Å². The van der Waals surface area contributed by atoms with Gasteiger partial charge in [0.1, 0.15) is 0 Å². The summed E-state index contributed by atoms with van der Waals surface area (Å²) in [7, 11) is 0. The molecule has 56 heavy (non-hydrogen) atoms. The Morgan fingerprint density at radius 3 is 1.18 bits per heavy atom. The van der Waals surface area contributed by atoms with Crippen LogP contribution in [0.3, 0.4) is 0 Å². The summed E-state index contributed by atoms with van der Waals surface area (Å²) in [5.41, 5.74) is 11.6. The van der Waals surface area contributed by atoms with Crippen LogP contribution >= 0.6 is 0 Å². The van der Waals surface area contributed by atoms with Gasteiger partial charge in [0.25, 0.3) is 0 Å². The zero-order valence-corrected chi connectivity index (χ0v) is 30.1. The summed E-state index contributed by atoms with van der Waals surface area (Å²) >= 11 is 0. The maximum Gasteiger partial charge on any atom is 0.190 e. The van der Waals surface area contributed by atoms with Crippen molar-refractivity contribution in [3.05, 3.63) is 199 Å². The number of hydrogen-bond acceptors (Lipinski definition) is 3. The van der Waals surface area contributed by atoms with E-state index >= 15 is 0 Å². The predicted molar refractivity (Wildman–Crippen MR) is 230 cm³/mol. The Balaban J connectivity index is 1.26.